The Balaban J connectivity index is 1.87. The van der Waals surface area contributed by atoms with Gasteiger partial charge in [-0.3, -0.25) is 14.9 Å². The first-order valence-electron chi connectivity index (χ1n) is 6.06. The molecule has 1 aliphatic carbocycles. The summed E-state index contributed by atoms with van der Waals surface area (Å²) in [5.41, 5.74) is -0.181. The van der Waals surface area contributed by atoms with Crippen LogP contribution in [-0.2, 0) is 9.59 Å². The first-order valence-corrected chi connectivity index (χ1v) is 7.14. The first-order chi connectivity index (χ1) is 9.02. The third-order valence-corrected chi connectivity index (χ3v) is 3.98. The number of hydrogen-bond donors (Lipinski definition) is 3. The van der Waals surface area contributed by atoms with E-state index >= 15 is 0 Å². The van der Waals surface area contributed by atoms with Gasteiger partial charge in [-0.1, -0.05) is 6.07 Å². The zero-order valence-corrected chi connectivity index (χ0v) is 12.4. The van der Waals surface area contributed by atoms with E-state index in [0.717, 1.165) is 15.7 Å². The van der Waals surface area contributed by atoms with E-state index in [1.165, 1.54) is 0 Å². The number of carboxylic acid groups (broad SMARTS) is 1. The second-order valence-corrected chi connectivity index (χ2v) is 5.90. The molecule has 1 aromatic rings. The van der Waals surface area contributed by atoms with Crippen LogP contribution >= 0.6 is 22.6 Å². The van der Waals surface area contributed by atoms with E-state index in [1.54, 1.807) is 6.07 Å². The monoisotopic (exact) mass is 374 g/mol. The highest BCUT2D eigenvalue weighted by atomic mass is 127. The van der Waals surface area contributed by atoms with Crippen molar-refractivity contribution < 1.29 is 14.7 Å². The Morgan fingerprint density at radius 3 is 2.63 bits per heavy atom. The summed E-state index contributed by atoms with van der Waals surface area (Å²) >= 11 is 2.17. The van der Waals surface area contributed by atoms with Crippen molar-refractivity contribution in [3.8, 4) is 0 Å². The van der Waals surface area contributed by atoms with Crippen LogP contribution in [0.3, 0.4) is 0 Å². The molecule has 0 saturated heterocycles. The lowest BCUT2D eigenvalue weighted by molar-refractivity contribution is -0.148. The van der Waals surface area contributed by atoms with Crippen molar-refractivity contribution in [1.29, 1.82) is 0 Å². The molecule has 6 heteroatoms. The van der Waals surface area contributed by atoms with Crippen LogP contribution in [-0.4, -0.2) is 29.1 Å². The molecule has 2 rings (SSSR count). The molecule has 0 atom stereocenters. The molecule has 5 nitrogen and oxygen atoms in total. The predicted octanol–water partition coefficient (Wildman–Crippen LogP) is 1.83. The molecule has 0 heterocycles. The van der Waals surface area contributed by atoms with E-state index in [2.05, 4.69) is 33.2 Å². The number of halogens is 1. The Morgan fingerprint density at radius 1 is 1.37 bits per heavy atom. The minimum atomic E-state index is -0.900. The Morgan fingerprint density at radius 2 is 2.11 bits per heavy atom. The van der Waals surface area contributed by atoms with E-state index in [4.69, 9.17) is 5.11 Å². The van der Waals surface area contributed by atoms with Crippen LogP contribution < -0.4 is 10.6 Å². The predicted molar refractivity (Wildman–Crippen MR) is 80.0 cm³/mol. The van der Waals surface area contributed by atoms with E-state index in [9.17, 15) is 9.59 Å². The standard InChI is InChI=1S/C13H15IN2O3/c14-9-3-1-4-10(7-9)16-11(17)8-15-13(12(18)19)5-2-6-13/h1,3-4,7,15H,2,5-6,8H2,(H,16,17)(H,18,19). The zero-order valence-electron chi connectivity index (χ0n) is 10.3. The molecule has 102 valence electrons. The summed E-state index contributed by atoms with van der Waals surface area (Å²) < 4.78 is 1.03. The molecule has 1 aliphatic rings. The largest absolute Gasteiger partial charge is 0.480 e. The molecular weight excluding hydrogens is 359 g/mol. The van der Waals surface area contributed by atoms with Gasteiger partial charge < -0.3 is 10.4 Å². The van der Waals surface area contributed by atoms with Gasteiger partial charge in [0.2, 0.25) is 5.91 Å². The maximum atomic E-state index is 11.8. The number of nitrogens with one attached hydrogen (secondary N) is 2. The van der Waals surface area contributed by atoms with Crippen molar-refractivity contribution in [1.82, 2.24) is 5.32 Å². The van der Waals surface area contributed by atoms with Gasteiger partial charge in [-0.15, -0.1) is 0 Å². The van der Waals surface area contributed by atoms with Gasteiger partial charge in [0, 0.05) is 9.26 Å². The topological polar surface area (TPSA) is 78.4 Å². The summed E-state index contributed by atoms with van der Waals surface area (Å²) in [4.78, 5) is 22.9. The number of benzene rings is 1. The van der Waals surface area contributed by atoms with E-state index < -0.39 is 11.5 Å². The first kappa shape index (κ1) is 14.3. The number of carbonyl (C=O) groups is 2. The summed E-state index contributed by atoms with van der Waals surface area (Å²) in [6, 6.07) is 7.45. The Kier molecular flexibility index (Phi) is 4.41. The van der Waals surface area contributed by atoms with Crippen LogP contribution in [0.15, 0.2) is 24.3 Å². The average Bonchev–Trinajstić information content (AvgIpc) is 2.26. The van der Waals surface area contributed by atoms with Gasteiger partial charge in [0.15, 0.2) is 0 Å². The maximum Gasteiger partial charge on any atom is 0.323 e. The highest BCUT2D eigenvalue weighted by Gasteiger charge is 2.44. The van der Waals surface area contributed by atoms with Crippen molar-refractivity contribution >= 4 is 40.2 Å². The third kappa shape index (κ3) is 3.44. The lowest BCUT2D eigenvalue weighted by Gasteiger charge is -2.38. The van der Waals surface area contributed by atoms with E-state index in [1.807, 2.05) is 18.2 Å². The van der Waals surface area contributed by atoms with Gasteiger partial charge in [0.05, 0.1) is 6.54 Å². The van der Waals surface area contributed by atoms with Gasteiger partial charge in [0.1, 0.15) is 5.54 Å². The molecule has 1 saturated carbocycles. The quantitative estimate of drug-likeness (QED) is 0.688. The second-order valence-electron chi connectivity index (χ2n) is 4.65. The van der Waals surface area contributed by atoms with Gasteiger partial charge in [0.25, 0.3) is 0 Å². The fourth-order valence-corrected chi connectivity index (χ4v) is 2.56. The molecule has 1 amide bonds. The molecule has 0 unspecified atom stereocenters. The Labute approximate surface area is 124 Å². The number of amides is 1. The van der Waals surface area contributed by atoms with E-state index in [-0.39, 0.29) is 12.5 Å². The van der Waals surface area contributed by atoms with Crippen LogP contribution in [0.5, 0.6) is 0 Å². The normalized spacial score (nSPS) is 16.5. The lowest BCUT2D eigenvalue weighted by atomic mass is 9.77. The molecule has 3 N–H and O–H groups in total. The number of anilines is 1. The van der Waals surface area contributed by atoms with Gasteiger partial charge >= 0.3 is 5.97 Å². The van der Waals surface area contributed by atoms with Gasteiger partial charge in [-0.25, -0.2) is 0 Å². The SMILES string of the molecule is O=C(CNC1(C(=O)O)CCC1)Nc1cccc(I)c1. The summed E-state index contributed by atoms with van der Waals surface area (Å²) in [5.74, 6) is -1.10. The van der Waals surface area contributed by atoms with Gasteiger partial charge in [-0.2, -0.15) is 0 Å². The van der Waals surface area contributed by atoms with Crippen LogP contribution in [0.2, 0.25) is 0 Å². The molecule has 0 aromatic heterocycles. The minimum absolute atomic E-state index is 0.0117. The number of aliphatic carboxylic acids is 1. The molecule has 0 radical (unpaired) electrons. The number of carboxylic acids is 1. The van der Waals surface area contributed by atoms with E-state index in [0.29, 0.717) is 12.8 Å². The van der Waals surface area contributed by atoms with Crippen molar-refractivity contribution in [2.24, 2.45) is 0 Å². The highest BCUT2D eigenvalue weighted by Crippen LogP contribution is 2.31. The highest BCUT2D eigenvalue weighted by molar-refractivity contribution is 14.1. The number of rotatable bonds is 5. The average molecular weight is 374 g/mol. The number of hydrogen-bond acceptors (Lipinski definition) is 3. The summed E-state index contributed by atoms with van der Waals surface area (Å²) in [5, 5.41) is 14.7. The molecule has 0 bridgehead atoms. The molecule has 0 aliphatic heterocycles. The van der Waals surface area contributed by atoms with Crippen molar-refractivity contribution in [3.63, 3.8) is 0 Å². The van der Waals surface area contributed by atoms with Crippen molar-refractivity contribution in [3.05, 3.63) is 27.8 Å². The molecule has 0 spiro atoms. The fourth-order valence-electron chi connectivity index (χ4n) is 2.02. The minimum Gasteiger partial charge on any atom is -0.480 e. The molecule has 1 fully saturated rings. The lowest BCUT2D eigenvalue weighted by Crippen LogP contribution is -2.58. The molecule has 19 heavy (non-hydrogen) atoms. The van der Waals surface area contributed by atoms with Crippen LogP contribution in [0.25, 0.3) is 0 Å². The summed E-state index contributed by atoms with van der Waals surface area (Å²) in [6.45, 7) is 0.0117. The number of carbonyl (C=O) groups excluding carboxylic acids is 1. The third-order valence-electron chi connectivity index (χ3n) is 3.31. The molecular formula is C13H15IN2O3. The smallest absolute Gasteiger partial charge is 0.323 e. The van der Waals surface area contributed by atoms with Gasteiger partial charge in [-0.05, 0) is 60.1 Å². The maximum absolute atomic E-state index is 11.8. The Bertz CT molecular complexity index is 500. The van der Waals surface area contributed by atoms with Crippen molar-refractivity contribution in [2.45, 2.75) is 24.8 Å². The summed E-state index contributed by atoms with van der Waals surface area (Å²) in [7, 11) is 0. The van der Waals surface area contributed by atoms with Crippen LogP contribution in [0, 0.1) is 3.57 Å². The fraction of sp³-hybridized carbons (Fsp3) is 0.385. The zero-order chi connectivity index (χ0) is 13.9. The summed E-state index contributed by atoms with van der Waals surface area (Å²) in [6.07, 6.45) is 2.05. The van der Waals surface area contributed by atoms with Crippen LogP contribution in [0.1, 0.15) is 19.3 Å². The second kappa shape index (κ2) is 5.87. The van der Waals surface area contributed by atoms with Crippen molar-refractivity contribution in [2.75, 3.05) is 11.9 Å². The Hall–Kier alpha value is -1.15. The van der Waals surface area contributed by atoms with Crippen LogP contribution in [0.4, 0.5) is 5.69 Å². The molecule has 1 aromatic carbocycles.